The number of nitrogens with two attached hydrogens (primary N) is 1. The van der Waals surface area contributed by atoms with Crippen molar-refractivity contribution in [2.45, 2.75) is 41.0 Å². The van der Waals surface area contributed by atoms with Gasteiger partial charge >= 0.3 is 0 Å². The smallest absolute Gasteiger partial charge is 0.227 e. The Balaban J connectivity index is 3.12. The summed E-state index contributed by atoms with van der Waals surface area (Å²) in [6.07, 6.45) is 0.499. The van der Waals surface area contributed by atoms with Crippen LogP contribution in [0.15, 0.2) is 6.07 Å². The molecule has 0 aliphatic rings. The molecule has 0 saturated heterocycles. The van der Waals surface area contributed by atoms with Gasteiger partial charge in [-0.2, -0.15) is 0 Å². The number of anilines is 1. The molecule has 0 heterocycles. The van der Waals surface area contributed by atoms with Crippen LogP contribution in [0.1, 0.15) is 35.6 Å². The summed E-state index contributed by atoms with van der Waals surface area (Å²) in [4.78, 5) is 14.1. The summed E-state index contributed by atoms with van der Waals surface area (Å²) in [5, 5.41) is 0. The highest BCUT2D eigenvalue weighted by Crippen LogP contribution is 2.30. The van der Waals surface area contributed by atoms with Gasteiger partial charge in [0.2, 0.25) is 5.91 Å². The van der Waals surface area contributed by atoms with Crippen molar-refractivity contribution in [1.29, 1.82) is 0 Å². The lowest BCUT2D eigenvalue weighted by atomic mass is 9.97. The van der Waals surface area contributed by atoms with Crippen molar-refractivity contribution >= 4 is 11.6 Å². The largest absolute Gasteiger partial charge is 0.330 e. The second kappa shape index (κ2) is 6.20. The number of carbonyl (C=O) groups excluding carboxylic acids is 1. The highest BCUT2D eigenvalue weighted by molar-refractivity contribution is 5.95. The van der Waals surface area contributed by atoms with Crippen molar-refractivity contribution in [3.63, 3.8) is 0 Å². The predicted molar refractivity (Wildman–Crippen MR) is 81.6 cm³/mol. The van der Waals surface area contributed by atoms with Gasteiger partial charge in [-0.25, -0.2) is 0 Å². The minimum Gasteiger partial charge on any atom is -0.330 e. The zero-order valence-corrected chi connectivity index (χ0v) is 13.0. The number of hydrogen-bond donors (Lipinski definition) is 1. The summed E-state index contributed by atoms with van der Waals surface area (Å²) in [6.45, 7) is 10.9. The minimum atomic E-state index is 0.133. The highest BCUT2D eigenvalue weighted by Gasteiger charge is 2.19. The summed E-state index contributed by atoms with van der Waals surface area (Å²) in [5.74, 6) is 0.357. The number of hydrogen-bond acceptors (Lipinski definition) is 2. The quantitative estimate of drug-likeness (QED) is 0.907. The fourth-order valence-corrected chi connectivity index (χ4v) is 2.34. The Hall–Kier alpha value is -1.35. The van der Waals surface area contributed by atoms with E-state index in [-0.39, 0.29) is 11.8 Å². The first kappa shape index (κ1) is 15.7. The second-order valence-corrected chi connectivity index (χ2v) is 5.61. The van der Waals surface area contributed by atoms with E-state index in [1.54, 1.807) is 4.90 Å². The third-order valence-electron chi connectivity index (χ3n) is 3.96. The van der Waals surface area contributed by atoms with E-state index in [0.29, 0.717) is 13.0 Å². The lowest BCUT2D eigenvalue weighted by Gasteiger charge is -2.25. The minimum absolute atomic E-state index is 0.133. The van der Waals surface area contributed by atoms with Gasteiger partial charge in [-0.05, 0) is 62.4 Å². The maximum Gasteiger partial charge on any atom is 0.227 e. The summed E-state index contributed by atoms with van der Waals surface area (Å²) < 4.78 is 0. The maximum absolute atomic E-state index is 12.3. The lowest BCUT2D eigenvalue weighted by molar-refractivity contribution is -0.119. The molecule has 0 fully saturated rings. The highest BCUT2D eigenvalue weighted by atomic mass is 16.2. The van der Waals surface area contributed by atoms with Gasteiger partial charge in [-0.1, -0.05) is 13.0 Å². The van der Waals surface area contributed by atoms with E-state index in [9.17, 15) is 4.79 Å². The Morgan fingerprint density at radius 2 is 1.68 bits per heavy atom. The van der Waals surface area contributed by atoms with Gasteiger partial charge in [-0.3, -0.25) is 4.79 Å². The van der Waals surface area contributed by atoms with E-state index in [1.807, 2.05) is 14.0 Å². The Bertz CT molecular complexity index is 454. The van der Waals surface area contributed by atoms with Crippen molar-refractivity contribution in [1.82, 2.24) is 0 Å². The van der Waals surface area contributed by atoms with Crippen LogP contribution in [0.25, 0.3) is 0 Å². The molecule has 3 nitrogen and oxygen atoms in total. The molecule has 2 N–H and O–H groups in total. The van der Waals surface area contributed by atoms with Gasteiger partial charge in [-0.15, -0.1) is 0 Å². The number of rotatable bonds is 4. The lowest BCUT2D eigenvalue weighted by Crippen LogP contribution is -2.30. The molecule has 0 aromatic heterocycles. The van der Waals surface area contributed by atoms with Gasteiger partial charge in [0, 0.05) is 19.2 Å². The Morgan fingerprint density at radius 3 is 2.11 bits per heavy atom. The van der Waals surface area contributed by atoms with Crippen LogP contribution in [-0.4, -0.2) is 19.5 Å². The summed E-state index contributed by atoms with van der Waals surface area (Å²) in [7, 11) is 1.86. The van der Waals surface area contributed by atoms with Crippen molar-refractivity contribution < 1.29 is 4.79 Å². The molecule has 1 aromatic carbocycles. The molecule has 0 radical (unpaired) electrons. The zero-order valence-electron chi connectivity index (χ0n) is 13.0. The van der Waals surface area contributed by atoms with Gasteiger partial charge in [0.05, 0.1) is 0 Å². The first-order chi connectivity index (χ1) is 8.79. The number of carbonyl (C=O) groups is 1. The molecule has 1 amide bonds. The third kappa shape index (κ3) is 3.35. The number of nitrogens with zero attached hydrogens (tertiary/aromatic N) is 1. The number of benzene rings is 1. The molecule has 0 bridgehead atoms. The van der Waals surface area contributed by atoms with Crippen LogP contribution in [0, 0.1) is 33.6 Å². The Kier molecular flexibility index (Phi) is 5.12. The monoisotopic (exact) mass is 262 g/mol. The standard InChI is InChI=1S/C16H26N2O/c1-10(9-17)7-15(19)18(6)16-13(4)11(2)8-12(3)14(16)5/h8,10H,7,9,17H2,1-6H3. The van der Waals surface area contributed by atoms with Crippen LogP contribution in [0.4, 0.5) is 5.69 Å². The fraction of sp³-hybridized carbons (Fsp3) is 0.562. The van der Waals surface area contributed by atoms with E-state index in [4.69, 9.17) is 5.73 Å². The SMILES string of the molecule is Cc1cc(C)c(C)c(N(C)C(=O)CC(C)CN)c1C. The van der Waals surface area contributed by atoms with Crippen LogP contribution >= 0.6 is 0 Å². The molecule has 106 valence electrons. The molecule has 0 saturated carbocycles. The third-order valence-corrected chi connectivity index (χ3v) is 3.96. The molecule has 1 aromatic rings. The van der Waals surface area contributed by atoms with Crippen molar-refractivity contribution in [2.75, 3.05) is 18.5 Å². The average molecular weight is 262 g/mol. The van der Waals surface area contributed by atoms with Gasteiger partial charge in [0.1, 0.15) is 0 Å². The molecule has 1 unspecified atom stereocenters. The molecular formula is C16H26N2O. The first-order valence-electron chi connectivity index (χ1n) is 6.83. The second-order valence-electron chi connectivity index (χ2n) is 5.61. The van der Waals surface area contributed by atoms with Crippen molar-refractivity contribution in [3.8, 4) is 0 Å². The zero-order chi connectivity index (χ0) is 14.7. The van der Waals surface area contributed by atoms with Crippen molar-refractivity contribution in [3.05, 3.63) is 28.3 Å². The van der Waals surface area contributed by atoms with Crippen LogP contribution in [0.3, 0.4) is 0 Å². The molecule has 19 heavy (non-hydrogen) atoms. The predicted octanol–water partition coefficient (Wildman–Crippen LogP) is 2.87. The molecule has 0 aliphatic heterocycles. The van der Waals surface area contributed by atoms with Crippen LogP contribution in [0.2, 0.25) is 0 Å². The van der Waals surface area contributed by atoms with E-state index in [1.165, 1.54) is 22.3 Å². The Labute approximate surface area is 116 Å². The van der Waals surface area contributed by atoms with E-state index >= 15 is 0 Å². The van der Waals surface area contributed by atoms with Crippen LogP contribution in [0.5, 0.6) is 0 Å². The molecular weight excluding hydrogens is 236 g/mol. The van der Waals surface area contributed by atoms with Gasteiger partial charge < -0.3 is 10.6 Å². The van der Waals surface area contributed by atoms with Crippen molar-refractivity contribution in [2.24, 2.45) is 11.7 Å². The molecule has 1 atom stereocenters. The average Bonchev–Trinajstić information content (AvgIpc) is 2.36. The van der Waals surface area contributed by atoms with Gasteiger partial charge in [0.15, 0.2) is 0 Å². The fourth-order valence-electron chi connectivity index (χ4n) is 2.34. The summed E-state index contributed by atoms with van der Waals surface area (Å²) in [5.41, 5.74) is 11.5. The molecule has 3 heteroatoms. The molecule has 1 rings (SSSR count). The summed E-state index contributed by atoms with van der Waals surface area (Å²) >= 11 is 0. The number of aryl methyl sites for hydroxylation is 2. The number of amides is 1. The normalized spacial score (nSPS) is 12.4. The molecule has 0 aliphatic carbocycles. The van der Waals surface area contributed by atoms with Crippen LogP contribution < -0.4 is 10.6 Å². The topological polar surface area (TPSA) is 46.3 Å². The van der Waals surface area contributed by atoms with E-state index in [2.05, 4.69) is 33.8 Å². The Morgan fingerprint density at radius 1 is 1.21 bits per heavy atom. The van der Waals surface area contributed by atoms with Crippen LogP contribution in [-0.2, 0) is 4.79 Å². The van der Waals surface area contributed by atoms with E-state index < -0.39 is 0 Å². The van der Waals surface area contributed by atoms with E-state index in [0.717, 1.165) is 5.69 Å². The summed E-state index contributed by atoms with van der Waals surface area (Å²) in [6, 6.07) is 2.18. The van der Waals surface area contributed by atoms with Gasteiger partial charge in [0.25, 0.3) is 0 Å². The first-order valence-corrected chi connectivity index (χ1v) is 6.83. The molecule has 0 spiro atoms. The maximum atomic E-state index is 12.3.